The number of hydrogen-bond acceptors (Lipinski definition) is 2. The summed E-state index contributed by atoms with van der Waals surface area (Å²) >= 11 is 0. The van der Waals surface area contributed by atoms with E-state index in [-0.39, 0.29) is 5.91 Å². The van der Waals surface area contributed by atoms with Crippen molar-refractivity contribution in [1.82, 2.24) is 5.32 Å². The van der Waals surface area contributed by atoms with E-state index in [4.69, 9.17) is 5.73 Å². The third-order valence-corrected chi connectivity index (χ3v) is 2.80. The monoisotopic (exact) mass is 252 g/mol. The smallest absolute Gasteiger partial charge is 0.251 e. The van der Waals surface area contributed by atoms with Crippen molar-refractivity contribution in [2.75, 3.05) is 12.8 Å². The van der Waals surface area contributed by atoms with Gasteiger partial charge in [-0.25, -0.2) is 0 Å². The number of anilines is 1. The molecule has 0 saturated carbocycles. The lowest BCUT2D eigenvalue weighted by Crippen LogP contribution is -2.17. The fourth-order valence-corrected chi connectivity index (χ4v) is 1.69. The van der Waals surface area contributed by atoms with Crippen molar-refractivity contribution in [1.29, 1.82) is 0 Å². The molecule has 0 aliphatic heterocycles. The van der Waals surface area contributed by atoms with Gasteiger partial charge in [0.15, 0.2) is 0 Å². The Bertz CT molecular complexity index is 583. The van der Waals surface area contributed by atoms with Crippen LogP contribution in [-0.4, -0.2) is 13.0 Å². The SMILES string of the molecule is CNC(=O)c1ccc(/C=C/c2ccc(N)cc2)cc1. The lowest BCUT2D eigenvalue weighted by molar-refractivity contribution is 0.0963. The molecule has 2 rings (SSSR count). The summed E-state index contributed by atoms with van der Waals surface area (Å²) in [5, 5.41) is 2.60. The molecule has 19 heavy (non-hydrogen) atoms. The second kappa shape index (κ2) is 5.87. The summed E-state index contributed by atoms with van der Waals surface area (Å²) in [6.07, 6.45) is 4.01. The fourth-order valence-electron chi connectivity index (χ4n) is 1.69. The molecule has 0 spiro atoms. The van der Waals surface area contributed by atoms with Gasteiger partial charge < -0.3 is 11.1 Å². The first-order valence-corrected chi connectivity index (χ1v) is 6.05. The van der Waals surface area contributed by atoms with Crippen LogP contribution in [0.2, 0.25) is 0 Å². The minimum absolute atomic E-state index is 0.0749. The topological polar surface area (TPSA) is 55.1 Å². The number of rotatable bonds is 3. The van der Waals surface area contributed by atoms with Crippen molar-refractivity contribution in [3.8, 4) is 0 Å². The molecule has 0 heterocycles. The summed E-state index contributed by atoms with van der Waals surface area (Å²) < 4.78 is 0. The Balaban J connectivity index is 2.11. The highest BCUT2D eigenvalue weighted by Gasteiger charge is 2.00. The van der Waals surface area contributed by atoms with Crippen LogP contribution < -0.4 is 11.1 Å². The van der Waals surface area contributed by atoms with E-state index in [2.05, 4.69) is 5.32 Å². The zero-order valence-electron chi connectivity index (χ0n) is 10.8. The molecule has 3 N–H and O–H groups in total. The average Bonchev–Trinajstić information content (AvgIpc) is 2.46. The van der Waals surface area contributed by atoms with Gasteiger partial charge in [-0.15, -0.1) is 0 Å². The van der Waals surface area contributed by atoms with Gasteiger partial charge in [-0.2, -0.15) is 0 Å². The first-order valence-electron chi connectivity index (χ1n) is 6.05. The van der Waals surface area contributed by atoms with Crippen molar-refractivity contribution in [3.63, 3.8) is 0 Å². The Morgan fingerprint density at radius 1 is 0.947 bits per heavy atom. The molecule has 0 unspecified atom stereocenters. The summed E-state index contributed by atoms with van der Waals surface area (Å²) in [6, 6.07) is 15.1. The lowest BCUT2D eigenvalue weighted by Gasteiger charge is -2.00. The van der Waals surface area contributed by atoms with Gasteiger partial charge in [0.25, 0.3) is 5.91 Å². The fraction of sp³-hybridized carbons (Fsp3) is 0.0625. The standard InChI is InChI=1S/C16H16N2O/c1-18-16(19)14-8-4-12(5-9-14)2-3-13-6-10-15(17)11-7-13/h2-11H,17H2,1H3,(H,18,19)/b3-2+. The van der Waals surface area contributed by atoms with E-state index in [1.807, 2.05) is 60.7 Å². The highest BCUT2D eigenvalue weighted by atomic mass is 16.1. The molecule has 0 saturated heterocycles. The number of nitrogens with one attached hydrogen (secondary N) is 1. The number of hydrogen-bond donors (Lipinski definition) is 2. The van der Waals surface area contributed by atoms with Gasteiger partial charge in [0.2, 0.25) is 0 Å². The number of carbonyl (C=O) groups is 1. The van der Waals surface area contributed by atoms with Crippen LogP contribution in [0, 0.1) is 0 Å². The third kappa shape index (κ3) is 3.45. The van der Waals surface area contributed by atoms with Crippen molar-refractivity contribution in [3.05, 3.63) is 65.2 Å². The van der Waals surface area contributed by atoms with Crippen molar-refractivity contribution >= 4 is 23.7 Å². The van der Waals surface area contributed by atoms with Gasteiger partial charge in [0.1, 0.15) is 0 Å². The predicted molar refractivity (Wildman–Crippen MR) is 79.6 cm³/mol. The van der Waals surface area contributed by atoms with E-state index in [0.717, 1.165) is 16.8 Å². The van der Waals surface area contributed by atoms with Gasteiger partial charge in [0.05, 0.1) is 0 Å². The molecule has 0 bridgehead atoms. The van der Waals surface area contributed by atoms with Crippen molar-refractivity contribution in [2.24, 2.45) is 0 Å². The maximum Gasteiger partial charge on any atom is 0.251 e. The molecule has 1 amide bonds. The van der Waals surface area contributed by atoms with Crippen molar-refractivity contribution < 1.29 is 4.79 Å². The average molecular weight is 252 g/mol. The zero-order valence-corrected chi connectivity index (χ0v) is 10.8. The van der Waals surface area contributed by atoms with Crippen LogP contribution in [0.25, 0.3) is 12.2 Å². The lowest BCUT2D eigenvalue weighted by atomic mass is 10.1. The molecule has 0 radical (unpaired) electrons. The maximum absolute atomic E-state index is 11.4. The van der Waals surface area contributed by atoms with Gasteiger partial charge >= 0.3 is 0 Å². The Morgan fingerprint density at radius 3 is 1.89 bits per heavy atom. The van der Waals surface area contributed by atoms with Gasteiger partial charge in [-0.3, -0.25) is 4.79 Å². The summed E-state index contributed by atoms with van der Waals surface area (Å²) in [7, 11) is 1.62. The molecule has 96 valence electrons. The van der Waals surface area contributed by atoms with Crippen LogP contribution in [0.1, 0.15) is 21.5 Å². The summed E-state index contributed by atoms with van der Waals surface area (Å²) in [4.78, 5) is 11.4. The maximum atomic E-state index is 11.4. The summed E-state index contributed by atoms with van der Waals surface area (Å²) in [5.41, 5.74) is 9.18. The Labute approximate surface area is 112 Å². The summed E-state index contributed by atoms with van der Waals surface area (Å²) in [5.74, 6) is -0.0749. The summed E-state index contributed by atoms with van der Waals surface area (Å²) in [6.45, 7) is 0. The van der Waals surface area contributed by atoms with E-state index >= 15 is 0 Å². The van der Waals surface area contributed by atoms with Crippen LogP contribution in [0.5, 0.6) is 0 Å². The Kier molecular flexibility index (Phi) is 3.98. The molecular formula is C16H16N2O. The molecule has 2 aromatic rings. The Morgan fingerprint density at radius 2 is 1.42 bits per heavy atom. The molecule has 0 aliphatic rings. The number of nitrogen functional groups attached to an aromatic ring is 1. The van der Waals surface area contributed by atoms with E-state index < -0.39 is 0 Å². The second-order valence-electron chi connectivity index (χ2n) is 4.20. The quantitative estimate of drug-likeness (QED) is 0.652. The van der Waals surface area contributed by atoms with Gasteiger partial charge in [-0.05, 0) is 35.4 Å². The van der Waals surface area contributed by atoms with Gasteiger partial charge in [-0.1, -0.05) is 36.4 Å². The first-order chi connectivity index (χ1) is 9.19. The number of amides is 1. The number of nitrogens with two attached hydrogens (primary N) is 1. The number of carbonyl (C=O) groups excluding carboxylic acids is 1. The first kappa shape index (κ1) is 12.9. The van der Waals surface area contributed by atoms with Crippen LogP contribution >= 0.6 is 0 Å². The number of benzene rings is 2. The zero-order chi connectivity index (χ0) is 13.7. The van der Waals surface area contributed by atoms with Crippen LogP contribution in [0.15, 0.2) is 48.5 Å². The molecule has 0 fully saturated rings. The van der Waals surface area contributed by atoms with Crippen LogP contribution in [-0.2, 0) is 0 Å². The van der Waals surface area contributed by atoms with Crippen molar-refractivity contribution in [2.45, 2.75) is 0 Å². The minimum Gasteiger partial charge on any atom is -0.399 e. The predicted octanol–water partition coefficient (Wildman–Crippen LogP) is 2.80. The molecular weight excluding hydrogens is 236 g/mol. The highest BCUT2D eigenvalue weighted by Crippen LogP contribution is 2.11. The third-order valence-electron chi connectivity index (χ3n) is 2.80. The largest absolute Gasteiger partial charge is 0.399 e. The molecule has 3 heteroatoms. The van der Waals surface area contributed by atoms with Crippen LogP contribution in [0.3, 0.4) is 0 Å². The Hall–Kier alpha value is -2.55. The van der Waals surface area contributed by atoms with E-state index in [0.29, 0.717) is 5.56 Å². The van der Waals surface area contributed by atoms with E-state index in [1.54, 1.807) is 7.05 Å². The molecule has 2 aromatic carbocycles. The van der Waals surface area contributed by atoms with Crippen LogP contribution in [0.4, 0.5) is 5.69 Å². The molecule has 0 aliphatic carbocycles. The van der Waals surface area contributed by atoms with E-state index in [1.165, 1.54) is 0 Å². The highest BCUT2D eigenvalue weighted by molar-refractivity contribution is 5.94. The molecule has 0 aromatic heterocycles. The normalized spacial score (nSPS) is 10.6. The minimum atomic E-state index is -0.0749. The van der Waals surface area contributed by atoms with Gasteiger partial charge in [0, 0.05) is 18.3 Å². The van der Waals surface area contributed by atoms with E-state index in [9.17, 15) is 4.79 Å². The molecule has 0 atom stereocenters. The second-order valence-corrected chi connectivity index (χ2v) is 4.20. The molecule has 3 nitrogen and oxygen atoms in total.